The highest BCUT2D eigenvalue weighted by Gasteiger charge is 2.22. The quantitative estimate of drug-likeness (QED) is 0.877. The van der Waals surface area contributed by atoms with E-state index in [0.717, 1.165) is 6.54 Å². The maximum atomic E-state index is 11.9. The van der Waals surface area contributed by atoms with E-state index in [1.165, 1.54) is 12.8 Å². The maximum absolute atomic E-state index is 11.9. The molecule has 0 radical (unpaired) electrons. The molecule has 0 saturated heterocycles. The van der Waals surface area contributed by atoms with E-state index in [0.29, 0.717) is 22.3 Å². The van der Waals surface area contributed by atoms with Gasteiger partial charge in [-0.2, -0.15) is 0 Å². The molecule has 0 spiro atoms. The number of halogens is 1. The van der Waals surface area contributed by atoms with Gasteiger partial charge >= 0.3 is 0 Å². The van der Waals surface area contributed by atoms with Gasteiger partial charge in [0.1, 0.15) is 5.75 Å². The molecule has 2 rings (SSSR count). The molecule has 0 aromatic heterocycles. The van der Waals surface area contributed by atoms with E-state index in [1.807, 2.05) is 0 Å². The molecule has 1 N–H and O–H groups in total. The summed E-state index contributed by atoms with van der Waals surface area (Å²) in [5.74, 6) is 1.10. The van der Waals surface area contributed by atoms with Crippen molar-refractivity contribution in [3.63, 3.8) is 0 Å². The molecule has 86 valence electrons. The van der Waals surface area contributed by atoms with Crippen molar-refractivity contribution in [1.29, 1.82) is 0 Å². The van der Waals surface area contributed by atoms with Crippen LogP contribution in [0.2, 0.25) is 5.02 Å². The van der Waals surface area contributed by atoms with Crippen molar-refractivity contribution in [2.24, 2.45) is 5.92 Å². The topological polar surface area (TPSA) is 38.3 Å². The fraction of sp³-hybridized carbons (Fsp3) is 0.417. The van der Waals surface area contributed by atoms with E-state index < -0.39 is 0 Å². The summed E-state index contributed by atoms with van der Waals surface area (Å²) in [6.07, 6.45) is 2.43. The second-order valence-electron chi connectivity index (χ2n) is 4.00. The van der Waals surface area contributed by atoms with E-state index >= 15 is 0 Å². The SMILES string of the molecule is COc1ccc(Cl)cc1C(=O)NCC1CC1. The van der Waals surface area contributed by atoms with E-state index in [9.17, 15) is 4.79 Å². The summed E-state index contributed by atoms with van der Waals surface area (Å²) in [6, 6.07) is 5.04. The molecule has 1 saturated carbocycles. The lowest BCUT2D eigenvalue weighted by molar-refractivity contribution is 0.0949. The summed E-state index contributed by atoms with van der Waals surface area (Å²) in [5, 5.41) is 3.42. The van der Waals surface area contributed by atoms with Crippen LogP contribution in [-0.2, 0) is 0 Å². The molecular formula is C12H14ClNO2. The molecule has 0 heterocycles. The summed E-state index contributed by atoms with van der Waals surface area (Å²) in [5.41, 5.74) is 0.496. The Morgan fingerprint density at radius 1 is 1.56 bits per heavy atom. The second kappa shape index (κ2) is 4.74. The summed E-state index contributed by atoms with van der Waals surface area (Å²) < 4.78 is 5.12. The van der Waals surface area contributed by atoms with E-state index in [-0.39, 0.29) is 5.91 Å². The van der Waals surface area contributed by atoms with E-state index in [1.54, 1.807) is 25.3 Å². The van der Waals surface area contributed by atoms with Gasteiger partial charge in [0, 0.05) is 11.6 Å². The second-order valence-corrected chi connectivity index (χ2v) is 4.43. The molecule has 1 aromatic rings. The molecule has 3 nitrogen and oxygen atoms in total. The van der Waals surface area contributed by atoms with Crippen LogP contribution >= 0.6 is 11.6 Å². The van der Waals surface area contributed by atoms with Crippen molar-refractivity contribution < 1.29 is 9.53 Å². The third-order valence-electron chi connectivity index (χ3n) is 2.65. The van der Waals surface area contributed by atoms with Gasteiger partial charge in [-0.3, -0.25) is 4.79 Å². The predicted octanol–water partition coefficient (Wildman–Crippen LogP) is 2.49. The van der Waals surface area contributed by atoms with Crippen LogP contribution in [0.5, 0.6) is 5.75 Å². The first-order valence-electron chi connectivity index (χ1n) is 5.32. The van der Waals surface area contributed by atoms with Crippen molar-refractivity contribution in [1.82, 2.24) is 5.32 Å². The molecule has 1 aliphatic carbocycles. The van der Waals surface area contributed by atoms with Crippen molar-refractivity contribution in [3.8, 4) is 5.75 Å². The van der Waals surface area contributed by atoms with Crippen molar-refractivity contribution >= 4 is 17.5 Å². The molecule has 0 unspecified atom stereocenters. The number of nitrogens with one attached hydrogen (secondary N) is 1. The number of benzene rings is 1. The Hall–Kier alpha value is -1.22. The monoisotopic (exact) mass is 239 g/mol. The summed E-state index contributed by atoms with van der Waals surface area (Å²) in [4.78, 5) is 11.9. The van der Waals surface area contributed by atoms with Crippen LogP contribution in [0.25, 0.3) is 0 Å². The largest absolute Gasteiger partial charge is 0.496 e. The molecular weight excluding hydrogens is 226 g/mol. The van der Waals surface area contributed by atoms with Gasteiger partial charge in [0.2, 0.25) is 0 Å². The first kappa shape index (κ1) is 11.3. The number of hydrogen-bond acceptors (Lipinski definition) is 2. The molecule has 1 amide bonds. The number of methoxy groups -OCH3 is 1. The van der Waals surface area contributed by atoms with Gasteiger partial charge in [-0.25, -0.2) is 0 Å². The molecule has 1 fully saturated rings. The average Bonchev–Trinajstić information content (AvgIpc) is 3.09. The van der Waals surface area contributed by atoms with Crippen molar-refractivity contribution in [2.45, 2.75) is 12.8 Å². The van der Waals surface area contributed by atoms with Crippen LogP contribution in [0.15, 0.2) is 18.2 Å². The fourth-order valence-corrected chi connectivity index (χ4v) is 1.68. The van der Waals surface area contributed by atoms with Crippen LogP contribution in [0.3, 0.4) is 0 Å². The van der Waals surface area contributed by atoms with E-state index in [2.05, 4.69) is 5.32 Å². The Kier molecular flexibility index (Phi) is 3.34. The molecule has 0 aliphatic heterocycles. The molecule has 16 heavy (non-hydrogen) atoms. The van der Waals surface area contributed by atoms with Gasteiger partial charge in [-0.05, 0) is 37.0 Å². The molecule has 1 aliphatic rings. The number of hydrogen-bond donors (Lipinski definition) is 1. The van der Waals surface area contributed by atoms with Gasteiger partial charge in [0.25, 0.3) is 5.91 Å². The van der Waals surface area contributed by atoms with Crippen LogP contribution < -0.4 is 10.1 Å². The number of carbonyl (C=O) groups excluding carboxylic acids is 1. The zero-order valence-corrected chi connectivity index (χ0v) is 9.88. The minimum Gasteiger partial charge on any atom is -0.496 e. The lowest BCUT2D eigenvalue weighted by Gasteiger charge is -2.09. The standard InChI is InChI=1S/C12H14ClNO2/c1-16-11-5-4-9(13)6-10(11)12(15)14-7-8-2-3-8/h4-6,8H,2-3,7H2,1H3,(H,14,15). The van der Waals surface area contributed by atoms with Gasteiger partial charge in [-0.15, -0.1) is 0 Å². The zero-order chi connectivity index (χ0) is 11.5. The van der Waals surface area contributed by atoms with Crippen LogP contribution in [0, 0.1) is 5.92 Å². The summed E-state index contributed by atoms with van der Waals surface area (Å²) in [7, 11) is 1.54. The predicted molar refractivity (Wildman–Crippen MR) is 63.1 cm³/mol. The van der Waals surface area contributed by atoms with E-state index in [4.69, 9.17) is 16.3 Å². The summed E-state index contributed by atoms with van der Waals surface area (Å²) in [6.45, 7) is 0.745. The van der Waals surface area contributed by atoms with Crippen LogP contribution in [0.1, 0.15) is 23.2 Å². The van der Waals surface area contributed by atoms with Gasteiger partial charge < -0.3 is 10.1 Å². The molecule has 0 bridgehead atoms. The normalized spacial score (nSPS) is 14.6. The van der Waals surface area contributed by atoms with Gasteiger partial charge in [-0.1, -0.05) is 11.6 Å². The molecule has 1 aromatic carbocycles. The number of ether oxygens (including phenoxy) is 1. The highest BCUT2D eigenvalue weighted by atomic mass is 35.5. The van der Waals surface area contributed by atoms with Gasteiger partial charge in [0.05, 0.1) is 12.7 Å². The minimum atomic E-state index is -0.119. The lowest BCUT2D eigenvalue weighted by Crippen LogP contribution is -2.25. The molecule has 0 atom stereocenters. The Labute approximate surface area is 99.7 Å². The third kappa shape index (κ3) is 2.67. The maximum Gasteiger partial charge on any atom is 0.255 e. The van der Waals surface area contributed by atoms with Crippen LogP contribution in [-0.4, -0.2) is 19.6 Å². The lowest BCUT2D eigenvalue weighted by atomic mass is 10.2. The number of carbonyl (C=O) groups is 1. The highest BCUT2D eigenvalue weighted by Crippen LogP contribution is 2.28. The zero-order valence-electron chi connectivity index (χ0n) is 9.13. The number of rotatable bonds is 4. The Bertz CT molecular complexity index is 402. The molecule has 4 heteroatoms. The van der Waals surface area contributed by atoms with Crippen molar-refractivity contribution in [2.75, 3.05) is 13.7 Å². The summed E-state index contributed by atoms with van der Waals surface area (Å²) >= 11 is 5.86. The first-order valence-corrected chi connectivity index (χ1v) is 5.70. The average molecular weight is 240 g/mol. The fourth-order valence-electron chi connectivity index (χ4n) is 1.51. The third-order valence-corrected chi connectivity index (χ3v) is 2.89. The van der Waals surface area contributed by atoms with Gasteiger partial charge in [0.15, 0.2) is 0 Å². The minimum absolute atomic E-state index is 0.119. The Balaban J connectivity index is 2.09. The Morgan fingerprint density at radius 2 is 2.31 bits per heavy atom. The van der Waals surface area contributed by atoms with Crippen LogP contribution in [0.4, 0.5) is 0 Å². The van der Waals surface area contributed by atoms with Crippen molar-refractivity contribution in [3.05, 3.63) is 28.8 Å². The highest BCUT2D eigenvalue weighted by molar-refractivity contribution is 6.31. The smallest absolute Gasteiger partial charge is 0.255 e. The Morgan fingerprint density at radius 3 is 2.94 bits per heavy atom. The first-order chi connectivity index (χ1) is 7.70. The number of amides is 1.